The molecule has 1 aliphatic rings. The van der Waals surface area contributed by atoms with Gasteiger partial charge in [0, 0.05) is 45.3 Å². The molecular weight excluding hydrogens is 318 g/mol. The van der Waals surface area contributed by atoms with Gasteiger partial charge in [0.25, 0.3) is 5.91 Å². The first-order valence-electron chi connectivity index (χ1n) is 8.73. The third-order valence-corrected chi connectivity index (χ3v) is 4.64. The minimum absolute atomic E-state index is 0.0526. The van der Waals surface area contributed by atoms with E-state index in [9.17, 15) is 9.90 Å². The monoisotopic (exact) mass is 343 g/mol. The zero-order valence-corrected chi connectivity index (χ0v) is 14.8. The van der Waals surface area contributed by atoms with Crippen LogP contribution in [-0.2, 0) is 13.6 Å². The standard InChI is InChI=1S/C18H25N5O2/c1-3-22(13-17-19-8-10-21(17)2)18(25)14-6-7-16(20-11-14)23-9-4-5-15(24)12-23/h6-8,10-11,15,24H,3-5,9,12-13H2,1-2H3. The maximum atomic E-state index is 12.7. The van der Waals surface area contributed by atoms with Crippen molar-refractivity contribution in [1.29, 1.82) is 0 Å². The van der Waals surface area contributed by atoms with Crippen molar-refractivity contribution in [2.75, 3.05) is 24.5 Å². The third kappa shape index (κ3) is 3.99. The number of β-amino-alcohol motifs (C(OH)–C–C–N with tert-alkyl or cyclic N) is 1. The van der Waals surface area contributed by atoms with E-state index in [2.05, 4.69) is 14.9 Å². The lowest BCUT2D eigenvalue weighted by Gasteiger charge is -2.31. The Morgan fingerprint density at radius 1 is 1.40 bits per heavy atom. The maximum Gasteiger partial charge on any atom is 0.255 e. The van der Waals surface area contributed by atoms with E-state index in [0.717, 1.165) is 31.0 Å². The molecule has 1 aliphatic heterocycles. The normalized spacial score (nSPS) is 17.6. The fraction of sp³-hybridized carbons (Fsp3) is 0.500. The Morgan fingerprint density at radius 3 is 2.84 bits per heavy atom. The van der Waals surface area contributed by atoms with Crippen molar-refractivity contribution in [3.8, 4) is 0 Å². The van der Waals surface area contributed by atoms with E-state index < -0.39 is 0 Å². The number of rotatable bonds is 5. The Hall–Kier alpha value is -2.41. The Labute approximate surface area is 147 Å². The Bertz CT molecular complexity index is 713. The summed E-state index contributed by atoms with van der Waals surface area (Å²) >= 11 is 0. The van der Waals surface area contributed by atoms with Crippen molar-refractivity contribution in [3.63, 3.8) is 0 Å². The average Bonchev–Trinajstić information content (AvgIpc) is 3.04. The van der Waals surface area contributed by atoms with Crippen molar-refractivity contribution in [1.82, 2.24) is 19.4 Å². The van der Waals surface area contributed by atoms with E-state index in [4.69, 9.17) is 0 Å². The second-order valence-electron chi connectivity index (χ2n) is 6.42. The van der Waals surface area contributed by atoms with Gasteiger partial charge in [-0.05, 0) is 31.9 Å². The Morgan fingerprint density at radius 2 is 2.24 bits per heavy atom. The first-order valence-corrected chi connectivity index (χ1v) is 8.73. The number of nitrogens with zero attached hydrogens (tertiary/aromatic N) is 5. The first-order chi connectivity index (χ1) is 12.1. The van der Waals surface area contributed by atoms with Crippen LogP contribution in [0.4, 0.5) is 5.82 Å². The summed E-state index contributed by atoms with van der Waals surface area (Å²) in [7, 11) is 1.92. The summed E-state index contributed by atoms with van der Waals surface area (Å²) in [4.78, 5) is 25.3. The van der Waals surface area contributed by atoms with Gasteiger partial charge < -0.3 is 19.5 Å². The smallest absolute Gasteiger partial charge is 0.255 e. The van der Waals surface area contributed by atoms with Crippen LogP contribution in [0.25, 0.3) is 0 Å². The summed E-state index contributed by atoms with van der Waals surface area (Å²) in [6.07, 6.45) is 6.72. The largest absolute Gasteiger partial charge is 0.391 e. The number of anilines is 1. The fourth-order valence-corrected chi connectivity index (χ4v) is 3.09. The number of hydrogen-bond donors (Lipinski definition) is 1. The predicted octanol–water partition coefficient (Wildman–Crippen LogP) is 1.44. The summed E-state index contributed by atoms with van der Waals surface area (Å²) in [5.41, 5.74) is 0.567. The van der Waals surface area contributed by atoms with Crippen LogP contribution in [0, 0.1) is 0 Å². The number of aliphatic hydroxyl groups excluding tert-OH is 1. The second-order valence-corrected chi connectivity index (χ2v) is 6.42. The number of pyridine rings is 1. The van der Waals surface area contributed by atoms with Gasteiger partial charge >= 0.3 is 0 Å². The molecule has 1 saturated heterocycles. The van der Waals surface area contributed by atoms with Gasteiger partial charge in [-0.15, -0.1) is 0 Å². The van der Waals surface area contributed by atoms with Gasteiger partial charge in [-0.25, -0.2) is 9.97 Å². The lowest BCUT2D eigenvalue weighted by Crippen LogP contribution is -2.38. The molecule has 0 saturated carbocycles. The van der Waals surface area contributed by atoms with E-state index in [1.807, 2.05) is 36.9 Å². The van der Waals surface area contributed by atoms with Crippen molar-refractivity contribution >= 4 is 11.7 Å². The number of amides is 1. The molecule has 7 heteroatoms. The highest BCUT2D eigenvalue weighted by Crippen LogP contribution is 2.18. The highest BCUT2D eigenvalue weighted by Gasteiger charge is 2.20. The highest BCUT2D eigenvalue weighted by atomic mass is 16.3. The molecule has 1 N–H and O–H groups in total. The van der Waals surface area contributed by atoms with E-state index in [0.29, 0.717) is 25.2 Å². The molecule has 0 radical (unpaired) electrons. The number of piperidine rings is 1. The Kier molecular flexibility index (Phi) is 5.33. The molecule has 7 nitrogen and oxygen atoms in total. The summed E-state index contributed by atoms with van der Waals surface area (Å²) in [6.45, 7) is 4.51. The first kappa shape index (κ1) is 17.4. The predicted molar refractivity (Wildman–Crippen MR) is 95.3 cm³/mol. The minimum Gasteiger partial charge on any atom is -0.391 e. The van der Waals surface area contributed by atoms with Crippen LogP contribution in [-0.4, -0.2) is 56.2 Å². The second kappa shape index (κ2) is 7.65. The van der Waals surface area contributed by atoms with Crippen molar-refractivity contribution < 1.29 is 9.90 Å². The zero-order chi connectivity index (χ0) is 17.8. The van der Waals surface area contributed by atoms with Crippen LogP contribution >= 0.6 is 0 Å². The number of aliphatic hydroxyl groups is 1. The van der Waals surface area contributed by atoms with Gasteiger partial charge in [-0.1, -0.05) is 0 Å². The highest BCUT2D eigenvalue weighted by molar-refractivity contribution is 5.94. The van der Waals surface area contributed by atoms with Gasteiger partial charge in [-0.3, -0.25) is 4.79 Å². The van der Waals surface area contributed by atoms with E-state index in [1.165, 1.54) is 0 Å². The molecule has 1 atom stereocenters. The molecule has 134 valence electrons. The topological polar surface area (TPSA) is 74.5 Å². The van der Waals surface area contributed by atoms with Crippen LogP contribution in [0.15, 0.2) is 30.7 Å². The summed E-state index contributed by atoms with van der Waals surface area (Å²) in [6, 6.07) is 3.67. The lowest BCUT2D eigenvalue weighted by molar-refractivity contribution is 0.0746. The molecule has 1 amide bonds. The molecule has 0 bridgehead atoms. The molecule has 1 fully saturated rings. The van der Waals surface area contributed by atoms with Crippen molar-refractivity contribution in [2.45, 2.75) is 32.4 Å². The Balaban J connectivity index is 1.69. The summed E-state index contributed by atoms with van der Waals surface area (Å²) < 4.78 is 1.92. The van der Waals surface area contributed by atoms with Crippen LogP contribution < -0.4 is 4.90 Å². The molecule has 2 aromatic rings. The summed E-state index contributed by atoms with van der Waals surface area (Å²) in [5.74, 6) is 1.60. The number of hydrogen-bond acceptors (Lipinski definition) is 5. The lowest BCUT2D eigenvalue weighted by atomic mass is 10.1. The van der Waals surface area contributed by atoms with Gasteiger partial charge in [0.2, 0.25) is 0 Å². The SMILES string of the molecule is CCN(Cc1nccn1C)C(=O)c1ccc(N2CCCC(O)C2)nc1. The number of aryl methyl sites for hydroxylation is 1. The maximum absolute atomic E-state index is 12.7. The van der Waals surface area contributed by atoms with Crippen LogP contribution in [0.5, 0.6) is 0 Å². The molecule has 3 rings (SSSR count). The van der Waals surface area contributed by atoms with Gasteiger partial charge in [0.05, 0.1) is 18.2 Å². The molecule has 2 aromatic heterocycles. The number of aromatic nitrogens is 3. The van der Waals surface area contributed by atoms with Gasteiger partial charge in [0.15, 0.2) is 0 Å². The van der Waals surface area contributed by atoms with Gasteiger partial charge in [-0.2, -0.15) is 0 Å². The van der Waals surface area contributed by atoms with E-state index in [1.54, 1.807) is 17.3 Å². The summed E-state index contributed by atoms with van der Waals surface area (Å²) in [5, 5.41) is 9.80. The fourth-order valence-electron chi connectivity index (χ4n) is 3.09. The van der Waals surface area contributed by atoms with E-state index >= 15 is 0 Å². The van der Waals surface area contributed by atoms with Crippen molar-refractivity contribution in [2.24, 2.45) is 7.05 Å². The third-order valence-electron chi connectivity index (χ3n) is 4.64. The zero-order valence-electron chi connectivity index (χ0n) is 14.8. The number of imidazole rings is 1. The molecule has 1 unspecified atom stereocenters. The molecule has 3 heterocycles. The van der Waals surface area contributed by atoms with Crippen molar-refractivity contribution in [3.05, 3.63) is 42.1 Å². The average molecular weight is 343 g/mol. The van der Waals surface area contributed by atoms with Crippen LogP contribution in [0.1, 0.15) is 35.9 Å². The quantitative estimate of drug-likeness (QED) is 0.889. The minimum atomic E-state index is -0.301. The number of carbonyl (C=O) groups is 1. The van der Waals surface area contributed by atoms with Gasteiger partial charge in [0.1, 0.15) is 11.6 Å². The molecule has 0 aliphatic carbocycles. The van der Waals surface area contributed by atoms with E-state index in [-0.39, 0.29) is 12.0 Å². The van der Waals surface area contributed by atoms with Crippen LogP contribution in [0.2, 0.25) is 0 Å². The molecule has 0 spiro atoms. The van der Waals surface area contributed by atoms with Crippen LogP contribution in [0.3, 0.4) is 0 Å². The molecular formula is C18H25N5O2. The number of carbonyl (C=O) groups excluding carboxylic acids is 1. The molecule has 0 aromatic carbocycles. The molecule has 25 heavy (non-hydrogen) atoms.